The molecule has 0 atom stereocenters. The number of carbonyl (C=O) groups is 1. The molecule has 0 saturated carbocycles. The molecular weight excluding hydrogens is 193 g/mol. The largest absolute Gasteiger partial charge is 0.352 e. The molecule has 1 aromatic rings. The van der Waals surface area contributed by atoms with Crippen LogP contribution in [0.3, 0.4) is 0 Å². The zero-order valence-electron chi connectivity index (χ0n) is 8.29. The molecule has 1 aliphatic rings. The lowest BCUT2D eigenvalue weighted by Gasteiger charge is -2.15. The van der Waals surface area contributed by atoms with Crippen molar-refractivity contribution < 1.29 is 9.18 Å². The average Bonchev–Trinajstić information content (AvgIpc) is 2.30. The summed E-state index contributed by atoms with van der Waals surface area (Å²) in [6.07, 6.45) is 1.33. The van der Waals surface area contributed by atoms with Crippen LogP contribution < -0.4 is 5.32 Å². The van der Waals surface area contributed by atoms with Gasteiger partial charge in [-0.25, -0.2) is 4.39 Å². The Morgan fingerprint density at radius 2 is 2.00 bits per heavy atom. The highest BCUT2D eigenvalue weighted by molar-refractivity contribution is 6.00. The predicted octanol–water partition coefficient (Wildman–Crippen LogP) is 2.28. The first-order chi connectivity index (χ1) is 7.29. The highest BCUT2D eigenvalue weighted by Crippen LogP contribution is 2.24. The van der Waals surface area contributed by atoms with Crippen LogP contribution in [0.1, 0.15) is 18.4 Å². The highest BCUT2D eigenvalue weighted by atomic mass is 19.1. The molecule has 3 heteroatoms. The van der Waals surface area contributed by atoms with Gasteiger partial charge in [-0.05, 0) is 12.8 Å². The maximum Gasteiger partial charge on any atom is 0.250 e. The lowest BCUT2D eigenvalue weighted by atomic mass is 10.0. The summed E-state index contributed by atoms with van der Waals surface area (Å²) in [7, 11) is 0. The second-order valence-corrected chi connectivity index (χ2v) is 3.52. The molecule has 0 aliphatic carbocycles. The smallest absolute Gasteiger partial charge is 0.250 e. The number of hydrogen-bond acceptors (Lipinski definition) is 1. The predicted molar refractivity (Wildman–Crippen MR) is 56.7 cm³/mol. The van der Waals surface area contributed by atoms with Crippen molar-refractivity contribution in [3.63, 3.8) is 0 Å². The van der Waals surface area contributed by atoms with Gasteiger partial charge in [0.15, 0.2) is 0 Å². The molecular formula is C12H12FNO. The second kappa shape index (κ2) is 4.26. The van der Waals surface area contributed by atoms with Crippen molar-refractivity contribution in [3.05, 3.63) is 41.5 Å². The maximum absolute atomic E-state index is 13.9. The van der Waals surface area contributed by atoms with Crippen LogP contribution in [0.15, 0.2) is 35.9 Å². The van der Waals surface area contributed by atoms with Crippen LogP contribution in [-0.4, -0.2) is 12.5 Å². The van der Waals surface area contributed by atoms with Gasteiger partial charge < -0.3 is 5.32 Å². The van der Waals surface area contributed by atoms with E-state index in [1.54, 1.807) is 24.3 Å². The summed E-state index contributed by atoms with van der Waals surface area (Å²) in [4.78, 5) is 11.4. The summed E-state index contributed by atoms with van der Waals surface area (Å²) in [6.45, 7) is 0.643. The van der Waals surface area contributed by atoms with Gasteiger partial charge in [-0.15, -0.1) is 0 Å². The third-order valence-electron chi connectivity index (χ3n) is 2.46. The highest BCUT2D eigenvalue weighted by Gasteiger charge is 2.19. The minimum Gasteiger partial charge on any atom is -0.352 e. The number of amides is 1. The average molecular weight is 205 g/mol. The fourth-order valence-electron chi connectivity index (χ4n) is 1.66. The molecule has 0 bridgehead atoms. The third-order valence-corrected chi connectivity index (χ3v) is 2.46. The van der Waals surface area contributed by atoms with Gasteiger partial charge in [-0.3, -0.25) is 4.79 Å². The van der Waals surface area contributed by atoms with Gasteiger partial charge in [0.1, 0.15) is 5.83 Å². The van der Waals surface area contributed by atoms with Crippen molar-refractivity contribution >= 4 is 11.7 Å². The molecule has 0 aromatic heterocycles. The van der Waals surface area contributed by atoms with Crippen molar-refractivity contribution in [2.75, 3.05) is 6.54 Å². The van der Waals surface area contributed by atoms with Crippen LogP contribution in [0.4, 0.5) is 4.39 Å². The number of rotatable bonds is 1. The Bertz CT molecular complexity index is 397. The molecule has 1 aliphatic heterocycles. The second-order valence-electron chi connectivity index (χ2n) is 3.52. The molecule has 1 saturated heterocycles. The fourth-order valence-corrected chi connectivity index (χ4v) is 1.66. The van der Waals surface area contributed by atoms with E-state index in [0.29, 0.717) is 18.5 Å². The van der Waals surface area contributed by atoms with Gasteiger partial charge in [0.05, 0.1) is 5.57 Å². The third kappa shape index (κ3) is 2.06. The molecule has 2 rings (SSSR count). The first-order valence-corrected chi connectivity index (χ1v) is 5.01. The first-order valence-electron chi connectivity index (χ1n) is 5.01. The number of piperidine rings is 1. The van der Waals surface area contributed by atoms with Crippen LogP contribution in [0.5, 0.6) is 0 Å². The minimum atomic E-state index is -0.396. The summed E-state index contributed by atoms with van der Waals surface area (Å²) >= 11 is 0. The molecule has 0 unspecified atom stereocenters. The monoisotopic (exact) mass is 205 g/mol. The van der Waals surface area contributed by atoms with Crippen molar-refractivity contribution in [2.45, 2.75) is 12.8 Å². The SMILES string of the molecule is O=C1NCCCC1=C(F)c1ccccc1. The Kier molecular flexibility index (Phi) is 2.81. The van der Waals surface area contributed by atoms with E-state index >= 15 is 0 Å². The molecule has 1 N–H and O–H groups in total. The van der Waals surface area contributed by atoms with E-state index in [-0.39, 0.29) is 11.5 Å². The Balaban J connectivity index is 2.35. The molecule has 1 aromatic carbocycles. The quantitative estimate of drug-likeness (QED) is 0.700. The molecule has 0 radical (unpaired) electrons. The van der Waals surface area contributed by atoms with Crippen molar-refractivity contribution in [3.8, 4) is 0 Å². The van der Waals surface area contributed by atoms with Gasteiger partial charge >= 0.3 is 0 Å². The Morgan fingerprint density at radius 1 is 1.27 bits per heavy atom. The van der Waals surface area contributed by atoms with Crippen molar-refractivity contribution in [1.29, 1.82) is 0 Å². The van der Waals surface area contributed by atoms with E-state index in [0.717, 1.165) is 6.42 Å². The lowest BCUT2D eigenvalue weighted by Crippen LogP contribution is -2.31. The van der Waals surface area contributed by atoms with Gasteiger partial charge in [0.25, 0.3) is 0 Å². The van der Waals surface area contributed by atoms with E-state index in [9.17, 15) is 9.18 Å². The standard InChI is InChI=1S/C12H12FNO/c13-11(9-5-2-1-3-6-9)10-7-4-8-14-12(10)15/h1-3,5-6H,4,7-8H2,(H,14,15). The topological polar surface area (TPSA) is 29.1 Å². The fraction of sp³-hybridized carbons (Fsp3) is 0.250. The molecule has 1 heterocycles. The normalized spacial score (nSPS) is 19.7. The zero-order chi connectivity index (χ0) is 10.7. The molecule has 2 nitrogen and oxygen atoms in total. The van der Waals surface area contributed by atoms with Crippen molar-refractivity contribution in [1.82, 2.24) is 5.32 Å². The van der Waals surface area contributed by atoms with Crippen LogP contribution in [0.25, 0.3) is 5.83 Å². The van der Waals surface area contributed by atoms with Crippen LogP contribution in [-0.2, 0) is 4.79 Å². The summed E-state index contributed by atoms with van der Waals surface area (Å²) in [6, 6.07) is 8.68. The number of halogens is 1. The Morgan fingerprint density at radius 3 is 2.67 bits per heavy atom. The van der Waals surface area contributed by atoms with Gasteiger partial charge in [0, 0.05) is 12.1 Å². The van der Waals surface area contributed by atoms with Crippen LogP contribution in [0, 0.1) is 0 Å². The van der Waals surface area contributed by atoms with E-state index in [1.807, 2.05) is 6.07 Å². The number of carbonyl (C=O) groups excluding carboxylic acids is 1. The Hall–Kier alpha value is -1.64. The first kappa shape index (κ1) is 9.90. The minimum absolute atomic E-state index is 0.271. The molecule has 1 amide bonds. The maximum atomic E-state index is 13.9. The summed E-state index contributed by atoms with van der Waals surface area (Å²) in [5.74, 6) is -0.671. The van der Waals surface area contributed by atoms with Gasteiger partial charge in [-0.2, -0.15) is 0 Å². The van der Waals surface area contributed by atoms with Gasteiger partial charge in [-0.1, -0.05) is 30.3 Å². The van der Waals surface area contributed by atoms with Crippen LogP contribution in [0.2, 0.25) is 0 Å². The molecule has 15 heavy (non-hydrogen) atoms. The molecule has 1 fully saturated rings. The van der Waals surface area contributed by atoms with Crippen molar-refractivity contribution in [2.24, 2.45) is 0 Å². The zero-order valence-corrected chi connectivity index (χ0v) is 8.29. The number of nitrogens with one attached hydrogen (secondary N) is 1. The Labute approximate surface area is 87.8 Å². The molecule has 0 spiro atoms. The summed E-state index contributed by atoms with van der Waals surface area (Å²) in [5.41, 5.74) is 0.747. The van der Waals surface area contributed by atoms with E-state index in [4.69, 9.17) is 0 Å². The van der Waals surface area contributed by atoms with E-state index < -0.39 is 5.83 Å². The summed E-state index contributed by atoms with van der Waals surface area (Å²) < 4.78 is 13.9. The number of hydrogen-bond donors (Lipinski definition) is 1. The van der Waals surface area contributed by atoms with E-state index in [2.05, 4.69) is 5.32 Å². The number of benzene rings is 1. The van der Waals surface area contributed by atoms with Gasteiger partial charge in [0.2, 0.25) is 5.91 Å². The summed E-state index contributed by atoms with van der Waals surface area (Å²) in [5, 5.41) is 2.65. The van der Waals surface area contributed by atoms with Crippen LogP contribution >= 0.6 is 0 Å². The van der Waals surface area contributed by atoms with E-state index in [1.165, 1.54) is 0 Å². The lowest BCUT2D eigenvalue weighted by molar-refractivity contribution is -0.118. The molecule has 78 valence electrons.